The molecule has 0 radical (unpaired) electrons. The Bertz CT molecular complexity index is 810. The van der Waals surface area contributed by atoms with E-state index in [-0.39, 0.29) is 24.7 Å². The number of amides is 1. The molecule has 0 saturated carbocycles. The molecule has 0 aliphatic heterocycles. The number of nitrogens with one attached hydrogen (secondary N) is 2. The number of aliphatic hydroxyl groups is 1. The van der Waals surface area contributed by atoms with Crippen LogP contribution in [0.25, 0.3) is 0 Å². The second-order valence-electron chi connectivity index (χ2n) is 6.17. The smallest absolute Gasteiger partial charge is 0.271 e. The average molecular weight is 372 g/mol. The lowest BCUT2D eigenvalue weighted by Gasteiger charge is -2.20. The summed E-state index contributed by atoms with van der Waals surface area (Å²) in [6.45, 7) is 2.70. The van der Waals surface area contributed by atoms with E-state index in [9.17, 15) is 14.9 Å². The molecule has 0 aliphatic rings. The van der Waals surface area contributed by atoms with E-state index in [1.54, 1.807) is 18.0 Å². The van der Waals surface area contributed by atoms with Crippen molar-refractivity contribution < 1.29 is 14.8 Å². The first-order valence-electron chi connectivity index (χ1n) is 8.58. The molecular formula is C19H24N4O4. The van der Waals surface area contributed by atoms with Crippen LogP contribution < -0.4 is 10.6 Å². The van der Waals surface area contributed by atoms with Crippen molar-refractivity contribution in [1.29, 1.82) is 0 Å². The fourth-order valence-corrected chi connectivity index (χ4v) is 2.57. The fourth-order valence-electron chi connectivity index (χ4n) is 2.57. The van der Waals surface area contributed by atoms with E-state index >= 15 is 0 Å². The molecule has 2 aromatic carbocycles. The maximum Gasteiger partial charge on any atom is 0.271 e. The zero-order chi connectivity index (χ0) is 19.8. The van der Waals surface area contributed by atoms with Gasteiger partial charge in [-0.25, -0.2) is 0 Å². The van der Waals surface area contributed by atoms with Crippen molar-refractivity contribution >= 4 is 23.0 Å². The van der Waals surface area contributed by atoms with Gasteiger partial charge in [-0.2, -0.15) is 0 Å². The molecular weight excluding hydrogens is 348 g/mol. The molecule has 2 rings (SSSR count). The lowest BCUT2D eigenvalue weighted by Crippen LogP contribution is -2.32. The topological polar surface area (TPSA) is 108 Å². The molecule has 27 heavy (non-hydrogen) atoms. The first-order valence-corrected chi connectivity index (χ1v) is 8.58. The van der Waals surface area contributed by atoms with Gasteiger partial charge in [0.2, 0.25) is 5.91 Å². The molecule has 3 N–H and O–H groups in total. The highest BCUT2D eigenvalue weighted by molar-refractivity contribution is 5.83. The number of aryl methyl sites for hydroxylation is 1. The Labute approximate surface area is 158 Å². The summed E-state index contributed by atoms with van der Waals surface area (Å²) in [5, 5.41) is 25.9. The Morgan fingerprint density at radius 2 is 1.93 bits per heavy atom. The van der Waals surface area contributed by atoms with Crippen molar-refractivity contribution in [3.05, 3.63) is 63.7 Å². The molecule has 8 heteroatoms. The summed E-state index contributed by atoms with van der Waals surface area (Å²) in [7, 11) is 1.72. The van der Waals surface area contributed by atoms with Crippen LogP contribution in [0.3, 0.4) is 0 Å². The molecule has 0 bridgehead atoms. The number of aliphatic hydroxyl groups excluding tert-OH is 1. The van der Waals surface area contributed by atoms with Gasteiger partial charge in [0.05, 0.1) is 29.4 Å². The number of anilines is 2. The molecule has 8 nitrogen and oxygen atoms in total. The van der Waals surface area contributed by atoms with Crippen LogP contribution >= 0.6 is 0 Å². The zero-order valence-corrected chi connectivity index (χ0v) is 15.4. The molecule has 0 spiro atoms. The number of hydrogen-bond acceptors (Lipinski definition) is 6. The number of carbonyl (C=O) groups excluding carboxylic acids is 1. The van der Waals surface area contributed by atoms with E-state index in [0.29, 0.717) is 24.5 Å². The number of benzene rings is 2. The molecule has 0 atom stereocenters. The number of non-ortho nitro benzene ring substituents is 1. The number of rotatable bonds is 9. The normalized spacial score (nSPS) is 10.3. The van der Waals surface area contributed by atoms with E-state index < -0.39 is 4.92 Å². The minimum Gasteiger partial charge on any atom is -0.395 e. The van der Waals surface area contributed by atoms with Crippen molar-refractivity contribution in [2.75, 3.05) is 37.4 Å². The molecule has 0 saturated heterocycles. The highest BCUT2D eigenvalue weighted by Gasteiger charge is 2.14. The number of nitro benzene ring substituents is 1. The largest absolute Gasteiger partial charge is 0.395 e. The number of likely N-dealkylation sites (N-methyl/N-ethyl adjacent to an activating group) is 1. The number of hydrogen-bond donors (Lipinski definition) is 3. The molecule has 0 aromatic heterocycles. The van der Waals surface area contributed by atoms with E-state index in [0.717, 1.165) is 11.1 Å². The monoisotopic (exact) mass is 372 g/mol. The minimum absolute atomic E-state index is 0.00263. The zero-order valence-electron chi connectivity index (χ0n) is 15.4. The van der Waals surface area contributed by atoms with Crippen molar-refractivity contribution in [1.82, 2.24) is 4.90 Å². The third-order valence-electron chi connectivity index (χ3n) is 4.17. The Balaban J connectivity index is 2.05. The number of nitrogens with zero attached hydrogens (tertiary/aromatic N) is 2. The predicted molar refractivity (Wildman–Crippen MR) is 105 cm³/mol. The molecule has 0 unspecified atom stereocenters. The van der Waals surface area contributed by atoms with Gasteiger partial charge in [0.25, 0.3) is 5.69 Å². The van der Waals surface area contributed by atoms with Crippen LogP contribution in [0.4, 0.5) is 17.1 Å². The molecule has 1 amide bonds. The SMILES string of the molecule is Cc1ccccc1CN(C)C(=O)CNc1cc([N+](=O)[O-])ccc1NCCO. The van der Waals surface area contributed by atoms with Crippen LogP contribution in [0.2, 0.25) is 0 Å². The van der Waals surface area contributed by atoms with Gasteiger partial charge in [0.1, 0.15) is 0 Å². The van der Waals surface area contributed by atoms with Gasteiger partial charge in [-0.05, 0) is 24.1 Å². The first kappa shape index (κ1) is 20.2. The lowest BCUT2D eigenvalue weighted by molar-refractivity contribution is -0.384. The van der Waals surface area contributed by atoms with Crippen molar-refractivity contribution in [2.45, 2.75) is 13.5 Å². The minimum atomic E-state index is -0.493. The van der Waals surface area contributed by atoms with Crippen LogP contribution in [0.5, 0.6) is 0 Å². The van der Waals surface area contributed by atoms with E-state index in [1.807, 2.05) is 31.2 Å². The quantitative estimate of drug-likeness (QED) is 0.461. The van der Waals surface area contributed by atoms with Crippen LogP contribution in [-0.2, 0) is 11.3 Å². The van der Waals surface area contributed by atoms with Gasteiger partial charge >= 0.3 is 0 Å². The molecule has 0 aliphatic carbocycles. The summed E-state index contributed by atoms with van der Waals surface area (Å²) in [4.78, 5) is 24.6. The Morgan fingerprint density at radius 1 is 1.19 bits per heavy atom. The fraction of sp³-hybridized carbons (Fsp3) is 0.316. The lowest BCUT2D eigenvalue weighted by atomic mass is 10.1. The first-order chi connectivity index (χ1) is 12.9. The number of nitro groups is 1. The molecule has 144 valence electrons. The van der Waals surface area contributed by atoms with Gasteiger partial charge in [0, 0.05) is 32.3 Å². The van der Waals surface area contributed by atoms with Gasteiger partial charge in [-0.15, -0.1) is 0 Å². The van der Waals surface area contributed by atoms with Crippen LogP contribution in [0, 0.1) is 17.0 Å². The Kier molecular flexibility index (Phi) is 7.13. The van der Waals surface area contributed by atoms with Crippen LogP contribution in [0.1, 0.15) is 11.1 Å². The maximum absolute atomic E-state index is 12.4. The van der Waals surface area contributed by atoms with Crippen LogP contribution in [-0.4, -0.2) is 47.6 Å². The summed E-state index contributed by atoms with van der Waals surface area (Å²) in [5.74, 6) is -0.141. The van der Waals surface area contributed by atoms with Crippen molar-refractivity contribution in [3.63, 3.8) is 0 Å². The predicted octanol–water partition coefficient (Wildman–Crippen LogP) is 2.38. The highest BCUT2D eigenvalue weighted by atomic mass is 16.6. The second kappa shape index (κ2) is 9.54. The summed E-state index contributed by atoms with van der Waals surface area (Å²) < 4.78 is 0. The van der Waals surface area contributed by atoms with E-state index in [2.05, 4.69) is 10.6 Å². The molecule has 2 aromatic rings. The van der Waals surface area contributed by atoms with Gasteiger partial charge in [-0.1, -0.05) is 24.3 Å². The molecule has 0 heterocycles. The molecule has 0 fully saturated rings. The summed E-state index contributed by atoms with van der Waals surface area (Å²) in [6, 6.07) is 12.1. The standard InChI is InChI=1S/C19H24N4O4/c1-14-5-3-4-6-15(14)13-22(2)19(25)12-21-18-11-16(23(26)27)7-8-17(18)20-9-10-24/h3-8,11,20-21,24H,9-10,12-13H2,1-2H3. The van der Waals surface area contributed by atoms with Crippen LogP contribution in [0.15, 0.2) is 42.5 Å². The average Bonchev–Trinajstić information content (AvgIpc) is 2.66. The van der Waals surface area contributed by atoms with Gasteiger partial charge < -0.3 is 20.6 Å². The Morgan fingerprint density at radius 3 is 2.59 bits per heavy atom. The Hall–Kier alpha value is -3.13. The van der Waals surface area contributed by atoms with Gasteiger partial charge in [-0.3, -0.25) is 14.9 Å². The van der Waals surface area contributed by atoms with E-state index in [4.69, 9.17) is 5.11 Å². The maximum atomic E-state index is 12.4. The van der Waals surface area contributed by atoms with Gasteiger partial charge in [0.15, 0.2) is 0 Å². The van der Waals surface area contributed by atoms with Crippen molar-refractivity contribution in [3.8, 4) is 0 Å². The third-order valence-corrected chi connectivity index (χ3v) is 4.17. The second-order valence-corrected chi connectivity index (χ2v) is 6.17. The summed E-state index contributed by atoms with van der Waals surface area (Å²) >= 11 is 0. The highest BCUT2D eigenvalue weighted by Crippen LogP contribution is 2.26. The number of carbonyl (C=O) groups is 1. The van der Waals surface area contributed by atoms with E-state index in [1.165, 1.54) is 12.1 Å². The summed E-state index contributed by atoms with van der Waals surface area (Å²) in [5.41, 5.74) is 3.13. The summed E-state index contributed by atoms with van der Waals surface area (Å²) in [6.07, 6.45) is 0. The third kappa shape index (κ3) is 5.68. The van der Waals surface area contributed by atoms with Crippen molar-refractivity contribution in [2.24, 2.45) is 0 Å².